The molecule has 4 rings (SSSR count). The number of rotatable bonds is 4. The molecule has 3 aromatic heterocycles. The lowest BCUT2D eigenvalue weighted by atomic mass is 9.86. The van der Waals surface area contributed by atoms with Crippen molar-refractivity contribution in [2.45, 2.75) is 24.9 Å². The van der Waals surface area contributed by atoms with Crippen LogP contribution in [0.25, 0.3) is 11.0 Å². The molecule has 1 amide bonds. The molecule has 128 valence electrons. The van der Waals surface area contributed by atoms with Crippen LogP contribution in [0.4, 0.5) is 5.82 Å². The second kappa shape index (κ2) is 6.72. The molecule has 8 nitrogen and oxygen atoms in total. The van der Waals surface area contributed by atoms with Crippen molar-refractivity contribution in [3.05, 3.63) is 54.2 Å². The van der Waals surface area contributed by atoms with Crippen molar-refractivity contribution in [2.24, 2.45) is 0 Å². The standard InChI is InChI=1S/C18H15N7O/c19-9-17-21-5-3-16(25-17)23-12-7-13(8-12)24-18(26)11-6-15-14(22-10-11)2-1-4-20-15/h1-6,10,12-13H,7-8H2,(H,24,26)(H,21,23,25). The number of anilines is 1. The molecule has 0 bridgehead atoms. The number of carbonyl (C=O) groups excluding carboxylic acids is 1. The molecule has 26 heavy (non-hydrogen) atoms. The van der Waals surface area contributed by atoms with Gasteiger partial charge in [0.05, 0.1) is 16.6 Å². The van der Waals surface area contributed by atoms with Gasteiger partial charge in [0.25, 0.3) is 5.91 Å². The third kappa shape index (κ3) is 3.28. The van der Waals surface area contributed by atoms with Crippen molar-refractivity contribution < 1.29 is 4.79 Å². The minimum Gasteiger partial charge on any atom is -0.367 e. The van der Waals surface area contributed by atoms with Gasteiger partial charge in [0.15, 0.2) is 0 Å². The van der Waals surface area contributed by atoms with Crippen molar-refractivity contribution in [1.29, 1.82) is 5.26 Å². The van der Waals surface area contributed by atoms with Gasteiger partial charge in [-0.05, 0) is 37.1 Å². The number of nitrogens with one attached hydrogen (secondary N) is 2. The first-order valence-corrected chi connectivity index (χ1v) is 8.22. The fraction of sp³-hybridized carbons (Fsp3) is 0.222. The predicted octanol–water partition coefficient (Wildman–Crippen LogP) is 1.66. The average molecular weight is 345 g/mol. The summed E-state index contributed by atoms with van der Waals surface area (Å²) in [6, 6.07) is 9.35. The molecule has 1 aliphatic rings. The van der Waals surface area contributed by atoms with Crippen LogP contribution < -0.4 is 10.6 Å². The first-order valence-electron chi connectivity index (χ1n) is 8.22. The Kier molecular flexibility index (Phi) is 4.11. The highest BCUT2D eigenvalue weighted by Crippen LogP contribution is 2.24. The fourth-order valence-electron chi connectivity index (χ4n) is 2.90. The van der Waals surface area contributed by atoms with Crippen LogP contribution in [-0.4, -0.2) is 37.9 Å². The maximum Gasteiger partial charge on any atom is 0.253 e. The van der Waals surface area contributed by atoms with E-state index in [1.165, 1.54) is 0 Å². The average Bonchev–Trinajstić information content (AvgIpc) is 2.66. The van der Waals surface area contributed by atoms with E-state index in [1.807, 2.05) is 18.2 Å². The summed E-state index contributed by atoms with van der Waals surface area (Å²) in [5.41, 5.74) is 1.96. The van der Waals surface area contributed by atoms with Gasteiger partial charge in [0.2, 0.25) is 5.82 Å². The summed E-state index contributed by atoms with van der Waals surface area (Å²) in [6.45, 7) is 0. The Balaban J connectivity index is 1.33. The molecule has 0 spiro atoms. The van der Waals surface area contributed by atoms with E-state index >= 15 is 0 Å². The van der Waals surface area contributed by atoms with E-state index in [9.17, 15) is 4.79 Å². The number of fused-ring (bicyclic) bond motifs is 1. The van der Waals surface area contributed by atoms with Crippen LogP contribution in [0.2, 0.25) is 0 Å². The lowest BCUT2D eigenvalue weighted by Gasteiger charge is -2.36. The van der Waals surface area contributed by atoms with E-state index in [-0.39, 0.29) is 23.8 Å². The highest BCUT2D eigenvalue weighted by atomic mass is 16.1. The highest BCUT2D eigenvalue weighted by molar-refractivity contribution is 5.96. The molecule has 0 radical (unpaired) electrons. The lowest BCUT2D eigenvalue weighted by molar-refractivity contribution is 0.0912. The Morgan fingerprint density at radius 3 is 2.85 bits per heavy atom. The van der Waals surface area contributed by atoms with E-state index in [2.05, 4.69) is 30.6 Å². The van der Waals surface area contributed by atoms with E-state index in [0.717, 1.165) is 18.4 Å². The topological polar surface area (TPSA) is 116 Å². The van der Waals surface area contributed by atoms with Gasteiger partial charge in [-0.15, -0.1) is 0 Å². The molecule has 1 fully saturated rings. The first kappa shape index (κ1) is 15.9. The van der Waals surface area contributed by atoms with Crippen LogP contribution in [0, 0.1) is 11.3 Å². The SMILES string of the molecule is N#Cc1nccc(NC2CC(NC(=O)c3cnc4cccnc4c3)C2)n1. The highest BCUT2D eigenvalue weighted by Gasteiger charge is 2.30. The van der Waals surface area contributed by atoms with Gasteiger partial charge in [-0.3, -0.25) is 14.8 Å². The Morgan fingerprint density at radius 2 is 2.00 bits per heavy atom. The van der Waals surface area contributed by atoms with Crippen molar-refractivity contribution in [3.8, 4) is 6.07 Å². The van der Waals surface area contributed by atoms with Gasteiger partial charge in [0.1, 0.15) is 11.9 Å². The second-order valence-electron chi connectivity index (χ2n) is 6.13. The van der Waals surface area contributed by atoms with Crippen LogP contribution in [0.15, 0.2) is 42.9 Å². The summed E-state index contributed by atoms with van der Waals surface area (Å²) in [5, 5.41) is 15.1. The van der Waals surface area contributed by atoms with Crippen molar-refractivity contribution in [3.63, 3.8) is 0 Å². The van der Waals surface area contributed by atoms with E-state index < -0.39 is 0 Å². The molecule has 2 N–H and O–H groups in total. The van der Waals surface area contributed by atoms with E-state index in [0.29, 0.717) is 16.9 Å². The summed E-state index contributed by atoms with van der Waals surface area (Å²) in [5.74, 6) is 0.607. The van der Waals surface area contributed by atoms with Crippen molar-refractivity contribution >= 4 is 22.8 Å². The van der Waals surface area contributed by atoms with Gasteiger partial charge in [-0.2, -0.15) is 5.26 Å². The minimum atomic E-state index is -0.151. The molecular weight excluding hydrogens is 330 g/mol. The van der Waals surface area contributed by atoms with Gasteiger partial charge in [-0.1, -0.05) is 0 Å². The Hall–Kier alpha value is -3.60. The number of pyridine rings is 2. The third-order valence-electron chi connectivity index (χ3n) is 4.29. The van der Waals surface area contributed by atoms with Crippen molar-refractivity contribution in [2.75, 3.05) is 5.32 Å². The molecule has 8 heteroatoms. The summed E-state index contributed by atoms with van der Waals surface area (Å²) < 4.78 is 0. The summed E-state index contributed by atoms with van der Waals surface area (Å²) in [7, 11) is 0. The molecule has 3 heterocycles. The number of hydrogen-bond donors (Lipinski definition) is 2. The molecule has 1 saturated carbocycles. The Labute approximate surface area is 149 Å². The molecule has 0 saturated heterocycles. The smallest absolute Gasteiger partial charge is 0.253 e. The summed E-state index contributed by atoms with van der Waals surface area (Å²) in [6.07, 6.45) is 6.37. The fourth-order valence-corrected chi connectivity index (χ4v) is 2.90. The van der Waals surface area contributed by atoms with E-state index in [4.69, 9.17) is 5.26 Å². The predicted molar refractivity (Wildman–Crippen MR) is 94.2 cm³/mol. The molecule has 0 aromatic carbocycles. The molecule has 3 aromatic rings. The van der Waals surface area contributed by atoms with Gasteiger partial charge >= 0.3 is 0 Å². The molecule has 1 aliphatic carbocycles. The Bertz CT molecular complexity index is 1010. The monoisotopic (exact) mass is 345 g/mol. The van der Waals surface area contributed by atoms with Crippen LogP contribution in [0.3, 0.4) is 0 Å². The third-order valence-corrected chi connectivity index (χ3v) is 4.29. The van der Waals surface area contributed by atoms with Crippen LogP contribution in [-0.2, 0) is 0 Å². The first-order chi connectivity index (χ1) is 12.7. The van der Waals surface area contributed by atoms with Crippen molar-refractivity contribution in [1.82, 2.24) is 25.3 Å². The molecular formula is C18H15N7O. The largest absolute Gasteiger partial charge is 0.367 e. The van der Waals surface area contributed by atoms with Crippen LogP contribution in [0.1, 0.15) is 29.0 Å². The lowest BCUT2D eigenvalue weighted by Crippen LogP contribution is -2.49. The van der Waals surface area contributed by atoms with Crippen LogP contribution >= 0.6 is 0 Å². The number of nitrogens with zero attached hydrogens (tertiary/aromatic N) is 5. The zero-order valence-corrected chi connectivity index (χ0v) is 13.8. The number of hydrogen-bond acceptors (Lipinski definition) is 7. The van der Waals surface area contributed by atoms with Crippen LogP contribution in [0.5, 0.6) is 0 Å². The van der Waals surface area contributed by atoms with E-state index in [1.54, 1.807) is 30.7 Å². The van der Waals surface area contributed by atoms with Gasteiger partial charge in [0, 0.05) is 30.7 Å². The van der Waals surface area contributed by atoms with Gasteiger partial charge < -0.3 is 10.6 Å². The van der Waals surface area contributed by atoms with Gasteiger partial charge in [-0.25, -0.2) is 9.97 Å². The number of nitriles is 1. The summed E-state index contributed by atoms with van der Waals surface area (Å²) in [4.78, 5) is 28.8. The second-order valence-corrected chi connectivity index (χ2v) is 6.13. The Morgan fingerprint density at radius 1 is 1.12 bits per heavy atom. The molecule has 0 atom stereocenters. The zero-order chi connectivity index (χ0) is 17.9. The molecule has 0 unspecified atom stereocenters. The summed E-state index contributed by atoms with van der Waals surface area (Å²) >= 11 is 0. The number of aromatic nitrogens is 4. The zero-order valence-electron chi connectivity index (χ0n) is 13.8. The quantitative estimate of drug-likeness (QED) is 0.738. The maximum absolute atomic E-state index is 12.4. The number of carbonyl (C=O) groups is 1. The molecule has 0 aliphatic heterocycles. The number of amides is 1. The normalized spacial score (nSPS) is 18.6. The maximum atomic E-state index is 12.4. The minimum absolute atomic E-state index is 0.0942.